The largest absolute Gasteiger partial charge is 0.324 e. The summed E-state index contributed by atoms with van der Waals surface area (Å²) in [6.45, 7) is 40.1. The van der Waals surface area contributed by atoms with Crippen molar-refractivity contribution in [1.82, 2.24) is 79.7 Å². The quantitative estimate of drug-likeness (QED) is 0.129. The maximum absolute atomic E-state index is 5.62. The van der Waals surface area contributed by atoms with Gasteiger partial charge in [-0.1, -0.05) is 216 Å². The first kappa shape index (κ1) is 69.0. The van der Waals surface area contributed by atoms with Crippen molar-refractivity contribution in [2.75, 3.05) is 4.90 Å². The highest BCUT2D eigenvalue weighted by Crippen LogP contribution is 2.47. The molecule has 10 heterocycles. The Morgan fingerprint density at radius 3 is 0.667 bits per heavy atom. The van der Waals surface area contributed by atoms with Gasteiger partial charge in [-0.05, 0) is 151 Å². The molecule has 111 heavy (non-hydrogen) atoms. The third-order valence-electron chi connectivity index (χ3n) is 22.4. The van der Waals surface area contributed by atoms with E-state index >= 15 is 0 Å². The van der Waals surface area contributed by atoms with Crippen LogP contribution in [0.3, 0.4) is 0 Å². The maximum Gasteiger partial charge on any atom is 0.164 e. The van der Waals surface area contributed by atoms with Crippen molar-refractivity contribution in [3.05, 3.63) is 209 Å². The van der Waals surface area contributed by atoms with E-state index in [-0.39, 0.29) is 32.5 Å². The van der Waals surface area contributed by atoms with Crippen LogP contribution in [-0.2, 0) is 32.5 Å². The Balaban J connectivity index is 0.871. The average Bonchev–Trinajstić information content (AvgIpc) is 1.59. The molecule has 0 saturated heterocycles. The molecule has 15 aromatic rings. The number of aromatic nitrogens is 16. The van der Waals surface area contributed by atoms with Crippen LogP contribution in [0.5, 0.6) is 0 Å². The number of rotatable bonds is 3. The summed E-state index contributed by atoms with van der Waals surface area (Å²) in [5.74, 6) is 4.26. The molecule has 4 N–H and O–H groups in total. The number of fused-ring (bicyclic) bond motifs is 40. The minimum Gasteiger partial charge on any atom is -0.324 e. The van der Waals surface area contributed by atoms with Gasteiger partial charge in [0.2, 0.25) is 0 Å². The van der Waals surface area contributed by atoms with Crippen LogP contribution in [0.4, 0.5) is 17.1 Å². The average molecular weight is 1450 g/mol. The third-order valence-corrected chi connectivity index (χ3v) is 22.4. The standard InChI is InChI=1S/C94H87N17/c1-89(2,3)48-24-32-57-65(40-48)81-95-73(57)99-83-69-44-52(93(13,14)15)28-36-61(69)77(103-83)107-87-71-46-55(30-38-63(71)79(109-87)105-85-67-42-50(91(7,8)9)26-34-59(67)75(97-81)101-85)111(54-22-20-19-21-23-54)56-31-39-64-72(47-56)88-108-78-62-37-29-53(94(16,17)18)45-70(62)84(104-78)100-74-58-33-25-49(90(4,5)6)41-66(58)82(96-74)98-76-60-35-27-51(92(10,11)12)43-68(60)86(102-76)106-80(64)110-88/h19-47H,1-18H3,(H2,95,97,99,101,103,105,107,109)(H2,96,98,100,102,104,106,108,110). The highest BCUT2D eigenvalue weighted by atomic mass is 15.1. The number of anilines is 3. The van der Waals surface area contributed by atoms with E-state index in [9.17, 15) is 0 Å². The van der Waals surface area contributed by atoms with Gasteiger partial charge < -0.3 is 24.8 Å². The summed E-state index contributed by atoms with van der Waals surface area (Å²) in [7, 11) is 0. The Kier molecular flexibility index (Phi) is 14.9. The van der Waals surface area contributed by atoms with Gasteiger partial charge in [-0.3, -0.25) is 0 Å². The first-order valence-corrected chi connectivity index (χ1v) is 38.4. The molecular formula is C94H87N17. The molecule has 0 atom stereocenters. The first-order valence-electron chi connectivity index (χ1n) is 38.4. The van der Waals surface area contributed by atoms with Crippen molar-refractivity contribution in [3.8, 4) is 91.1 Å². The summed E-state index contributed by atoms with van der Waals surface area (Å²) >= 11 is 0. The molecule has 0 aliphatic carbocycles. The molecule has 16 bridgehead atoms. The Bertz CT molecular complexity index is 6470. The molecule has 19 rings (SSSR count). The van der Waals surface area contributed by atoms with E-state index in [0.717, 1.165) is 127 Å². The zero-order valence-electron chi connectivity index (χ0n) is 66.1. The fourth-order valence-electron chi connectivity index (χ4n) is 15.7. The number of hydrogen-bond donors (Lipinski definition) is 4. The van der Waals surface area contributed by atoms with Gasteiger partial charge in [0.15, 0.2) is 46.6 Å². The molecule has 548 valence electrons. The van der Waals surface area contributed by atoms with E-state index in [1.54, 1.807) is 0 Å². The first-order chi connectivity index (χ1) is 52.7. The summed E-state index contributed by atoms with van der Waals surface area (Å²) in [5, 5.41) is 7.00. The zero-order valence-corrected chi connectivity index (χ0v) is 66.1. The second-order valence-corrected chi connectivity index (χ2v) is 36.4. The van der Waals surface area contributed by atoms with E-state index in [4.69, 9.17) is 59.8 Å². The highest BCUT2D eigenvalue weighted by molar-refractivity contribution is 6.11. The number of benzene rings is 9. The van der Waals surface area contributed by atoms with Crippen molar-refractivity contribution < 1.29 is 0 Å². The zero-order chi connectivity index (χ0) is 77.1. The molecule has 6 aromatic heterocycles. The molecule has 17 nitrogen and oxygen atoms in total. The lowest BCUT2D eigenvalue weighted by atomic mass is 9.85. The summed E-state index contributed by atoms with van der Waals surface area (Å²) in [4.78, 5) is 83.2. The van der Waals surface area contributed by atoms with E-state index < -0.39 is 0 Å². The Morgan fingerprint density at radius 1 is 0.189 bits per heavy atom. The Morgan fingerprint density at radius 2 is 0.405 bits per heavy atom. The molecule has 0 amide bonds. The topological polar surface area (TPSA) is 221 Å². The van der Waals surface area contributed by atoms with Gasteiger partial charge in [-0.15, -0.1) is 0 Å². The highest BCUT2D eigenvalue weighted by Gasteiger charge is 2.32. The van der Waals surface area contributed by atoms with Crippen LogP contribution in [0, 0.1) is 0 Å². The second-order valence-electron chi connectivity index (χ2n) is 36.4. The van der Waals surface area contributed by atoms with E-state index in [1.807, 2.05) is 6.07 Å². The van der Waals surface area contributed by atoms with Crippen LogP contribution in [0.25, 0.3) is 179 Å². The molecule has 0 fully saturated rings. The number of hydrogen-bond acceptors (Lipinski definition) is 13. The molecule has 4 aliphatic heterocycles. The van der Waals surface area contributed by atoms with Crippen LogP contribution in [-0.4, -0.2) is 79.7 Å². The van der Waals surface area contributed by atoms with Crippen LogP contribution in [0.15, 0.2) is 176 Å². The van der Waals surface area contributed by atoms with Crippen molar-refractivity contribution in [1.29, 1.82) is 0 Å². The lowest BCUT2D eigenvalue weighted by molar-refractivity contribution is 0.590. The minimum absolute atomic E-state index is 0.136. The molecule has 4 aliphatic rings. The van der Waals surface area contributed by atoms with E-state index in [0.29, 0.717) is 91.8 Å². The van der Waals surface area contributed by atoms with Crippen molar-refractivity contribution in [2.45, 2.75) is 157 Å². The van der Waals surface area contributed by atoms with E-state index in [2.05, 4.69) is 319 Å². The fraction of sp³-hybridized carbons (Fsp3) is 0.255. The SMILES string of the molecule is CC(C)(C)c1ccc2c(c1)-c1nc-2nc2[nH]c(nc3nc(nc4[nH]c(n1)c1ccc(N(c5ccccc5)c5ccc6c7nc8nc(nc9[nH]c(nc%10nc(nc([nH]7)c6c5)-c5ccc(C(C)(C)C)cc5-%10)c5ccc(C(C)(C)C)cc95)-c5ccc(C(C)(C)C)cc5-8)cc41)-c1ccc(C(C)(C)C)cc1-3)c1ccc(C(C)(C)C)cc21. The maximum atomic E-state index is 5.62. The van der Waals surface area contributed by atoms with Crippen LogP contribution < -0.4 is 4.90 Å². The molecule has 0 spiro atoms. The number of aromatic amines is 4. The van der Waals surface area contributed by atoms with Gasteiger partial charge in [0, 0.05) is 105 Å². The molecule has 9 aromatic carbocycles. The van der Waals surface area contributed by atoms with Crippen molar-refractivity contribution in [3.63, 3.8) is 0 Å². The van der Waals surface area contributed by atoms with Crippen LogP contribution in [0.1, 0.15) is 158 Å². The predicted octanol–water partition coefficient (Wildman–Crippen LogP) is 23.3. The summed E-state index contributed by atoms with van der Waals surface area (Å²) in [6, 6.07) is 62.8. The second kappa shape index (κ2) is 24.0. The smallest absolute Gasteiger partial charge is 0.164 e. The molecule has 0 saturated carbocycles. The molecule has 0 unspecified atom stereocenters. The molecular weight excluding hydrogens is 1370 g/mol. The van der Waals surface area contributed by atoms with Crippen molar-refractivity contribution in [2.24, 2.45) is 0 Å². The third kappa shape index (κ3) is 11.7. The van der Waals surface area contributed by atoms with Gasteiger partial charge in [0.1, 0.15) is 45.2 Å². The lowest BCUT2D eigenvalue weighted by Crippen LogP contribution is -2.10. The Hall–Kier alpha value is -12.5. The lowest BCUT2D eigenvalue weighted by Gasteiger charge is -2.25. The Labute approximate surface area is 643 Å². The summed E-state index contributed by atoms with van der Waals surface area (Å²) in [5.41, 5.74) is 20.5. The van der Waals surface area contributed by atoms with Crippen LogP contribution >= 0.6 is 0 Å². The molecule has 17 heteroatoms. The van der Waals surface area contributed by atoms with Crippen LogP contribution in [0.2, 0.25) is 0 Å². The van der Waals surface area contributed by atoms with Crippen molar-refractivity contribution >= 4 is 105 Å². The van der Waals surface area contributed by atoms with Gasteiger partial charge >= 0.3 is 0 Å². The molecule has 0 radical (unpaired) electrons. The van der Waals surface area contributed by atoms with Gasteiger partial charge in [-0.2, -0.15) is 0 Å². The number of para-hydroxylation sites is 1. The summed E-state index contributed by atoms with van der Waals surface area (Å²) < 4.78 is 0. The van der Waals surface area contributed by atoms with E-state index in [1.165, 1.54) is 11.1 Å². The number of H-pyrrole nitrogens is 4. The predicted molar refractivity (Wildman–Crippen MR) is 453 cm³/mol. The number of nitrogens with zero attached hydrogens (tertiary/aromatic N) is 13. The van der Waals surface area contributed by atoms with Gasteiger partial charge in [-0.25, -0.2) is 59.8 Å². The monoisotopic (exact) mass is 1450 g/mol. The fourth-order valence-corrected chi connectivity index (χ4v) is 15.7. The normalized spacial score (nSPS) is 13.1. The van der Waals surface area contributed by atoms with Gasteiger partial charge in [0.05, 0.1) is 0 Å². The van der Waals surface area contributed by atoms with Gasteiger partial charge in [0.25, 0.3) is 0 Å². The number of nitrogens with one attached hydrogen (secondary N) is 4. The summed E-state index contributed by atoms with van der Waals surface area (Å²) in [6.07, 6.45) is 0. The minimum atomic E-state index is -0.174.